The van der Waals surface area contributed by atoms with E-state index in [4.69, 9.17) is 4.74 Å². The molecule has 0 bridgehead atoms. The molecule has 2 aromatic carbocycles. The SMILES string of the molecule is CC(OC(=O)C=Cc1ccc(O)c(O)c1)c1ccc(O)c(O)c1. The van der Waals surface area contributed by atoms with Gasteiger partial charge in [0.15, 0.2) is 23.0 Å². The Morgan fingerprint density at radius 1 is 0.957 bits per heavy atom. The van der Waals surface area contributed by atoms with Crippen LogP contribution in [0.2, 0.25) is 0 Å². The summed E-state index contributed by atoms with van der Waals surface area (Å²) in [6, 6.07) is 8.30. The van der Waals surface area contributed by atoms with Crippen molar-refractivity contribution in [3.63, 3.8) is 0 Å². The van der Waals surface area contributed by atoms with Crippen molar-refractivity contribution in [3.05, 3.63) is 53.6 Å². The van der Waals surface area contributed by atoms with Gasteiger partial charge >= 0.3 is 5.97 Å². The molecule has 0 radical (unpaired) electrons. The highest BCUT2D eigenvalue weighted by atomic mass is 16.5. The topological polar surface area (TPSA) is 107 Å². The van der Waals surface area contributed by atoms with E-state index in [2.05, 4.69) is 0 Å². The van der Waals surface area contributed by atoms with Gasteiger partial charge in [-0.05, 0) is 48.4 Å². The first kappa shape index (κ1) is 16.2. The van der Waals surface area contributed by atoms with Crippen molar-refractivity contribution < 1.29 is 30.0 Å². The normalized spacial score (nSPS) is 12.2. The lowest BCUT2D eigenvalue weighted by atomic mass is 10.1. The molecule has 0 aromatic heterocycles. The number of aromatic hydroxyl groups is 4. The number of hydrogen-bond acceptors (Lipinski definition) is 6. The average molecular weight is 316 g/mol. The third-order valence-electron chi connectivity index (χ3n) is 3.17. The Kier molecular flexibility index (Phi) is 4.75. The molecule has 0 amide bonds. The van der Waals surface area contributed by atoms with Crippen LogP contribution in [-0.4, -0.2) is 26.4 Å². The smallest absolute Gasteiger partial charge is 0.331 e. The minimum Gasteiger partial charge on any atom is -0.504 e. The van der Waals surface area contributed by atoms with Crippen LogP contribution in [0.25, 0.3) is 6.08 Å². The summed E-state index contributed by atoms with van der Waals surface area (Å²) in [5, 5.41) is 37.3. The van der Waals surface area contributed by atoms with Crippen LogP contribution in [0.4, 0.5) is 0 Å². The first-order valence-corrected chi connectivity index (χ1v) is 6.79. The van der Waals surface area contributed by atoms with Crippen LogP contribution in [0.3, 0.4) is 0 Å². The van der Waals surface area contributed by atoms with Crippen LogP contribution in [-0.2, 0) is 9.53 Å². The number of rotatable bonds is 4. The van der Waals surface area contributed by atoms with E-state index in [1.807, 2.05) is 0 Å². The summed E-state index contributed by atoms with van der Waals surface area (Å²) >= 11 is 0. The van der Waals surface area contributed by atoms with Crippen molar-refractivity contribution in [2.75, 3.05) is 0 Å². The van der Waals surface area contributed by atoms with E-state index in [1.165, 1.54) is 48.6 Å². The van der Waals surface area contributed by atoms with Gasteiger partial charge in [0.25, 0.3) is 0 Å². The predicted molar refractivity (Wildman–Crippen MR) is 83.1 cm³/mol. The second-order valence-corrected chi connectivity index (χ2v) is 4.91. The van der Waals surface area contributed by atoms with E-state index in [0.29, 0.717) is 11.1 Å². The summed E-state index contributed by atoms with van der Waals surface area (Å²) in [5.74, 6) is -1.68. The zero-order chi connectivity index (χ0) is 17.0. The molecule has 6 nitrogen and oxygen atoms in total. The van der Waals surface area contributed by atoms with Crippen LogP contribution in [0, 0.1) is 0 Å². The Hall–Kier alpha value is -3.15. The molecule has 0 aliphatic carbocycles. The van der Waals surface area contributed by atoms with Crippen LogP contribution >= 0.6 is 0 Å². The molecule has 0 saturated heterocycles. The monoisotopic (exact) mass is 316 g/mol. The fourth-order valence-electron chi connectivity index (χ4n) is 1.88. The highest BCUT2D eigenvalue weighted by Crippen LogP contribution is 2.29. The third kappa shape index (κ3) is 4.16. The van der Waals surface area contributed by atoms with Crippen molar-refractivity contribution in [2.24, 2.45) is 0 Å². The van der Waals surface area contributed by atoms with E-state index in [1.54, 1.807) is 6.92 Å². The highest BCUT2D eigenvalue weighted by molar-refractivity contribution is 5.87. The maximum atomic E-state index is 11.8. The third-order valence-corrected chi connectivity index (χ3v) is 3.17. The molecule has 0 fully saturated rings. The summed E-state index contributed by atoms with van der Waals surface area (Å²) in [4.78, 5) is 11.8. The van der Waals surface area contributed by atoms with Crippen LogP contribution in [0.15, 0.2) is 42.5 Å². The Morgan fingerprint density at radius 2 is 1.57 bits per heavy atom. The highest BCUT2D eigenvalue weighted by Gasteiger charge is 2.12. The molecule has 0 aliphatic rings. The molecule has 2 aromatic rings. The minimum absolute atomic E-state index is 0.245. The van der Waals surface area contributed by atoms with E-state index in [9.17, 15) is 25.2 Å². The molecule has 0 aliphatic heterocycles. The quantitative estimate of drug-likeness (QED) is 0.392. The summed E-state index contributed by atoms with van der Waals surface area (Å²) in [5.41, 5.74) is 1.05. The molecule has 6 heteroatoms. The molecule has 0 spiro atoms. The molecule has 4 N–H and O–H groups in total. The van der Waals surface area contributed by atoms with Crippen molar-refractivity contribution >= 4 is 12.0 Å². The standard InChI is InChI=1S/C17H16O6/c1-10(12-4-6-14(19)16(21)9-12)23-17(22)7-3-11-2-5-13(18)15(20)8-11/h2-10,18-21H,1H3. The predicted octanol–water partition coefficient (Wildman–Crippen LogP) is 2.83. The number of ether oxygens (including phenoxy) is 1. The van der Waals surface area contributed by atoms with Gasteiger partial charge in [0.05, 0.1) is 0 Å². The van der Waals surface area contributed by atoms with Gasteiger partial charge in [-0.15, -0.1) is 0 Å². The number of phenols is 4. The zero-order valence-electron chi connectivity index (χ0n) is 12.3. The second kappa shape index (κ2) is 6.74. The van der Waals surface area contributed by atoms with Crippen molar-refractivity contribution in [2.45, 2.75) is 13.0 Å². The van der Waals surface area contributed by atoms with Crippen LogP contribution in [0.1, 0.15) is 24.2 Å². The van der Waals surface area contributed by atoms with Gasteiger partial charge in [-0.1, -0.05) is 12.1 Å². The Bertz CT molecular complexity index is 751. The lowest BCUT2D eigenvalue weighted by Gasteiger charge is -2.12. The molecular weight excluding hydrogens is 300 g/mol. The summed E-state index contributed by atoms with van der Waals surface area (Å²) < 4.78 is 5.18. The van der Waals surface area contributed by atoms with Gasteiger partial charge in [-0.2, -0.15) is 0 Å². The first-order valence-electron chi connectivity index (χ1n) is 6.79. The number of esters is 1. The van der Waals surface area contributed by atoms with Gasteiger partial charge < -0.3 is 25.2 Å². The summed E-state index contributed by atoms with van der Waals surface area (Å²) in [7, 11) is 0. The van der Waals surface area contributed by atoms with Crippen molar-refractivity contribution in [3.8, 4) is 23.0 Å². The van der Waals surface area contributed by atoms with Gasteiger partial charge in [-0.25, -0.2) is 4.79 Å². The van der Waals surface area contributed by atoms with E-state index < -0.39 is 12.1 Å². The molecule has 0 heterocycles. The lowest BCUT2D eigenvalue weighted by molar-refractivity contribution is -0.142. The minimum atomic E-state index is -0.619. The molecule has 1 atom stereocenters. The lowest BCUT2D eigenvalue weighted by Crippen LogP contribution is -2.05. The fraction of sp³-hybridized carbons (Fsp3) is 0.118. The number of benzene rings is 2. The molecule has 120 valence electrons. The fourth-order valence-corrected chi connectivity index (χ4v) is 1.88. The zero-order valence-corrected chi connectivity index (χ0v) is 12.3. The molecular formula is C17H16O6. The number of carbonyl (C=O) groups excluding carboxylic acids is 1. The Morgan fingerprint density at radius 3 is 2.17 bits per heavy atom. The maximum Gasteiger partial charge on any atom is 0.331 e. The second-order valence-electron chi connectivity index (χ2n) is 4.91. The Labute approximate surface area is 132 Å². The van der Waals surface area contributed by atoms with Crippen molar-refractivity contribution in [1.29, 1.82) is 0 Å². The summed E-state index contributed by atoms with van der Waals surface area (Å²) in [6.07, 6.45) is 2.00. The average Bonchev–Trinajstić information content (AvgIpc) is 2.51. The number of carbonyl (C=O) groups is 1. The van der Waals surface area contributed by atoms with Crippen molar-refractivity contribution in [1.82, 2.24) is 0 Å². The van der Waals surface area contributed by atoms with E-state index in [-0.39, 0.29) is 23.0 Å². The van der Waals surface area contributed by atoms with Crippen LogP contribution < -0.4 is 0 Å². The maximum absolute atomic E-state index is 11.8. The first-order chi connectivity index (χ1) is 10.9. The molecule has 1 unspecified atom stereocenters. The van der Waals surface area contributed by atoms with Gasteiger partial charge in [0.2, 0.25) is 0 Å². The number of phenolic OH excluding ortho intramolecular Hbond substituents is 4. The molecule has 2 rings (SSSR count). The van der Waals surface area contributed by atoms with E-state index >= 15 is 0 Å². The van der Waals surface area contributed by atoms with Crippen LogP contribution in [0.5, 0.6) is 23.0 Å². The molecule has 0 saturated carbocycles. The molecule has 23 heavy (non-hydrogen) atoms. The van der Waals surface area contributed by atoms with E-state index in [0.717, 1.165) is 0 Å². The van der Waals surface area contributed by atoms with Gasteiger partial charge in [0, 0.05) is 6.08 Å². The largest absolute Gasteiger partial charge is 0.504 e. The van der Waals surface area contributed by atoms with Gasteiger partial charge in [0.1, 0.15) is 6.10 Å². The Balaban J connectivity index is 2.01. The van der Waals surface area contributed by atoms with Gasteiger partial charge in [-0.3, -0.25) is 0 Å². The summed E-state index contributed by atoms with van der Waals surface area (Å²) in [6.45, 7) is 1.63. The number of hydrogen-bond donors (Lipinski definition) is 4.